The average Bonchev–Trinajstić information content (AvgIpc) is 2.82. The SMILES string of the molecule is CC.CC.[HH].c1ccc2c(c1)[nH]c1ccccc12. The highest BCUT2D eigenvalue weighted by atomic mass is 14.7. The van der Waals surface area contributed by atoms with Gasteiger partial charge >= 0.3 is 0 Å². The van der Waals surface area contributed by atoms with Crippen molar-refractivity contribution >= 4 is 21.8 Å². The van der Waals surface area contributed by atoms with Crippen LogP contribution in [0.15, 0.2) is 48.5 Å². The highest BCUT2D eigenvalue weighted by Gasteiger charge is 2.00. The van der Waals surface area contributed by atoms with Gasteiger partial charge < -0.3 is 4.98 Å². The Hall–Kier alpha value is -1.76. The summed E-state index contributed by atoms with van der Waals surface area (Å²) in [6.07, 6.45) is 0. The molecule has 0 radical (unpaired) electrons. The van der Waals surface area contributed by atoms with Crippen molar-refractivity contribution in [1.82, 2.24) is 4.98 Å². The fraction of sp³-hybridized carbons (Fsp3) is 0.250. The van der Waals surface area contributed by atoms with Gasteiger partial charge in [0.2, 0.25) is 0 Å². The summed E-state index contributed by atoms with van der Waals surface area (Å²) in [5.74, 6) is 0. The van der Waals surface area contributed by atoms with Crippen molar-refractivity contribution in [1.29, 1.82) is 0 Å². The lowest BCUT2D eigenvalue weighted by molar-refractivity contribution is 1.50. The second-order valence-corrected chi connectivity index (χ2v) is 3.22. The Bertz CT molecular complexity index is 519. The van der Waals surface area contributed by atoms with Crippen molar-refractivity contribution in [2.75, 3.05) is 0 Å². The van der Waals surface area contributed by atoms with Crippen molar-refractivity contribution in [3.63, 3.8) is 0 Å². The summed E-state index contributed by atoms with van der Waals surface area (Å²) in [5, 5.41) is 2.61. The van der Waals surface area contributed by atoms with Crippen molar-refractivity contribution < 1.29 is 1.43 Å². The zero-order valence-corrected chi connectivity index (χ0v) is 11.1. The van der Waals surface area contributed by atoms with Gasteiger partial charge in [0.15, 0.2) is 0 Å². The first kappa shape index (κ1) is 13.3. The maximum absolute atomic E-state index is 3.38. The van der Waals surface area contributed by atoms with Gasteiger partial charge in [-0.2, -0.15) is 0 Å². The quantitative estimate of drug-likeness (QED) is 0.515. The molecular weight excluding hydrogens is 206 g/mol. The van der Waals surface area contributed by atoms with Gasteiger partial charge in [-0.05, 0) is 12.1 Å². The molecule has 1 aromatic heterocycles. The van der Waals surface area contributed by atoms with E-state index in [1.807, 2.05) is 27.7 Å². The minimum Gasteiger partial charge on any atom is -0.355 e. The second kappa shape index (κ2) is 6.74. The van der Waals surface area contributed by atoms with Crippen LogP contribution in [0.25, 0.3) is 21.8 Å². The van der Waals surface area contributed by atoms with E-state index in [-0.39, 0.29) is 1.43 Å². The second-order valence-electron chi connectivity index (χ2n) is 3.22. The molecule has 92 valence electrons. The molecule has 0 atom stereocenters. The number of rotatable bonds is 0. The highest BCUT2D eigenvalue weighted by molar-refractivity contribution is 6.06. The molecular formula is C16H23N. The number of nitrogens with one attached hydrogen (secondary N) is 1. The van der Waals surface area contributed by atoms with Crippen LogP contribution in [0.5, 0.6) is 0 Å². The van der Waals surface area contributed by atoms with Crippen LogP contribution in [0.2, 0.25) is 0 Å². The van der Waals surface area contributed by atoms with Gasteiger partial charge in [0.1, 0.15) is 0 Å². The van der Waals surface area contributed by atoms with Crippen LogP contribution >= 0.6 is 0 Å². The molecule has 0 aliphatic rings. The average molecular weight is 229 g/mol. The molecule has 0 spiro atoms. The highest BCUT2D eigenvalue weighted by Crippen LogP contribution is 2.24. The molecule has 0 amide bonds. The third-order valence-corrected chi connectivity index (χ3v) is 2.41. The molecule has 0 fully saturated rings. The molecule has 3 aromatic rings. The fourth-order valence-corrected chi connectivity index (χ4v) is 1.80. The van der Waals surface area contributed by atoms with Gasteiger partial charge in [0.05, 0.1) is 0 Å². The lowest BCUT2D eigenvalue weighted by atomic mass is 10.2. The van der Waals surface area contributed by atoms with E-state index >= 15 is 0 Å². The lowest BCUT2D eigenvalue weighted by Crippen LogP contribution is -1.62. The summed E-state index contributed by atoms with van der Waals surface area (Å²) in [5.41, 5.74) is 2.42. The number of aromatic amines is 1. The molecule has 0 bridgehead atoms. The third kappa shape index (κ3) is 2.68. The first-order valence-electron chi connectivity index (χ1n) is 6.40. The normalized spacial score (nSPS) is 9.18. The topological polar surface area (TPSA) is 15.8 Å². The van der Waals surface area contributed by atoms with Crippen LogP contribution in [0.1, 0.15) is 29.1 Å². The maximum Gasteiger partial charge on any atom is 0.0464 e. The smallest absolute Gasteiger partial charge is 0.0464 e. The number of hydrogen-bond acceptors (Lipinski definition) is 0. The molecule has 1 nitrogen and oxygen atoms in total. The fourth-order valence-electron chi connectivity index (χ4n) is 1.80. The van der Waals surface area contributed by atoms with Crippen LogP contribution < -0.4 is 0 Å². The van der Waals surface area contributed by atoms with E-state index in [0.717, 1.165) is 0 Å². The van der Waals surface area contributed by atoms with Crippen molar-refractivity contribution in [3.05, 3.63) is 48.5 Å². The van der Waals surface area contributed by atoms with Gasteiger partial charge in [-0.15, -0.1) is 0 Å². The first-order valence-corrected chi connectivity index (χ1v) is 6.40. The summed E-state index contributed by atoms with van der Waals surface area (Å²) >= 11 is 0. The molecule has 0 unspecified atom stereocenters. The van der Waals surface area contributed by atoms with E-state index in [1.54, 1.807) is 0 Å². The molecule has 0 aliphatic heterocycles. The number of aromatic nitrogens is 1. The Morgan fingerprint density at radius 2 is 1.00 bits per heavy atom. The van der Waals surface area contributed by atoms with Gasteiger partial charge in [0.25, 0.3) is 0 Å². The zero-order valence-electron chi connectivity index (χ0n) is 11.1. The molecule has 0 aliphatic carbocycles. The third-order valence-electron chi connectivity index (χ3n) is 2.41. The predicted octanol–water partition coefficient (Wildman–Crippen LogP) is 5.62. The van der Waals surface area contributed by atoms with E-state index in [1.165, 1.54) is 21.8 Å². The van der Waals surface area contributed by atoms with Crippen molar-refractivity contribution in [2.45, 2.75) is 27.7 Å². The Kier molecular flexibility index (Phi) is 5.28. The maximum atomic E-state index is 3.38. The van der Waals surface area contributed by atoms with E-state index < -0.39 is 0 Å². The van der Waals surface area contributed by atoms with E-state index in [4.69, 9.17) is 0 Å². The zero-order chi connectivity index (χ0) is 12.7. The molecule has 0 saturated heterocycles. The first-order chi connectivity index (χ1) is 8.45. The number of para-hydroxylation sites is 2. The molecule has 0 saturated carbocycles. The summed E-state index contributed by atoms with van der Waals surface area (Å²) in [7, 11) is 0. The standard InChI is InChI=1S/C12H9N.2C2H6.H2/c1-3-7-11-9(5-1)10-6-2-4-8-12(10)13-11;2*1-2;/h1-8,13H;2*1-2H3;1H. The van der Waals surface area contributed by atoms with Crippen LogP contribution in [-0.2, 0) is 0 Å². The summed E-state index contributed by atoms with van der Waals surface area (Å²) < 4.78 is 0. The molecule has 17 heavy (non-hydrogen) atoms. The summed E-state index contributed by atoms with van der Waals surface area (Å²) in [6.45, 7) is 8.00. The van der Waals surface area contributed by atoms with Crippen LogP contribution in [0.4, 0.5) is 0 Å². The minimum atomic E-state index is 0. The number of benzene rings is 2. The van der Waals surface area contributed by atoms with Gasteiger partial charge in [-0.3, -0.25) is 0 Å². The molecule has 1 N–H and O–H groups in total. The number of H-pyrrole nitrogens is 1. The van der Waals surface area contributed by atoms with Gasteiger partial charge in [-0.25, -0.2) is 0 Å². The van der Waals surface area contributed by atoms with E-state index in [9.17, 15) is 0 Å². The number of hydrogen-bond donors (Lipinski definition) is 1. The van der Waals surface area contributed by atoms with Crippen molar-refractivity contribution in [3.8, 4) is 0 Å². The molecule has 1 heteroatoms. The predicted molar refractivity (Wildman–Crippen MR) is 80.6 cm³/mol. The lowest BCUT2D eigenvalue weighted by Gasteiger charge is -1.87. The minimum absolute atomic E-state index is 0. The molecule has 2 aromatic carbocycles. The van der Waals surface area contributed by atoms with Crippen LogP contribution in [-0.4, -0.2) is 4.98 Å². The Balaban J connectivity index is 0.000000531. The van der Waals surface area contributed by atoms with Crippen LogP contribution in [0.3, 0.4) is 0 Å². The van der Waals surface area contributed by atoms with Crippen LogP contribution in [0, 0.1) is 0 Å². The monoisotopic (exact) mass is 229 g/mol. The largest absolute Gasteiger partial charge is 0.355 e. The summed E-state index contributed by atoms with van der Waals surface area (Å²) in [6, 6.07) is 16.8. The number of fused-ring (bicyclic) bond motifs is 3. The Labute approximate surface area is 105 Å². The van der Waals surface area contributed by atoms with Gasteiger partial charge in [-0.1, -0.05) is 64.1 Å². The van der Waals surface area contributed by atoms with E-state index in [2.05, 4.69) is 53.5 Å². The Morgan fingerprint density at radius 1 is 0.647 bits per heavy atom. The molecule has 3 rings (SSSR count). The Morgan fingerprint density at radius 3 is 1.41 bits per heavy atom. The van der Waals surface area contributed by atoms with Crippen molar-refractivity contribution in [2.24, 2.45) is 0 Å². The van der Waals surface area contributed by atoms with Gasteiger partial charge in [0, 0.05) is 23.2 Å². The molecule has 1 heterocycles. The summed E-state index contributed by atoms with van der Waals surface area (Å²) in [4.78, 5) is 3.38. The van der Waals surface area contributed by atoms with E-state index in [0.29, 0.717) is 0 Å².